The first-order valence-corrected chi connectivity index (χ1v) is 10.1. The van der Waals surface area contributed by atoms with Crippen LogP contribution >= 0.6 is 24.0 Å². The van der Waals surface area contributed by atoms with Crippen LogP contribution < -0.4 is 15.0 Å². The molecule has 0 radical (unpaired) electrons. The maximum atomic E-state index is 12.6. The monoisotopic (exact) mass is 399 g/mol. The second kappa shape index (κ2) is 9.01. The summed E-state index contributed by atoms with van der Waals surface area (Å²) in [6, 6.07) is 11.7. The topological polar surface area (TPSA) is 54.5 Å². The lowest BCUT2D eigenvalue weighted by atomic mass is 10.1. The zero-order valence-corrected chi connectivity index (χ0v) is 16.9. The summed E-state index contributed by atoms with van der Waals surface area (Å²) in [6.45, 7) is 0.538. The molecule has 0 unspecified atom stereocenters. The first kappa shape index (κ1) is 19.4. The van der Waals surface area contributed by atoms with Crippen LogP contribution in [0.3, 0.4) is 0 Å². The minimum atomic E-state index is 0.0585. The molecule has 1 aromatic heterocycles. The Balaban J connectivity index is 1.85. The number of anilines is 1. The fourth-order valence-corrected chi connectivity index (χ4v) is 4.05. The van der Waals surface area contributed by atoms with Gasteiger partial charge in [-0.1, -0.05) is 30.4 Å². The number of carbonyl (C=O) groups is 1. The molecule has 2 aromatic rings. The van der Waals surface area contributed by atoms with E-state index in [0.717, 1.165) is 22.7 Å². The van der Waals surface area contributed by atoms with Gasteiger partial charge in [0.25, 0.3) is 0 Å². The standard InChI is InChI=1S/C20H21N3O2S2/c1-23(15-6-4-3-5-7-15)20(26)19-16(12-27-13-17(19)24)22-10-14-8-9-21-11-18(14)25-2/h3-9,11,22H,10,12-13H2,1-2H3. The van der Waals surface area contributed by atoms with Gasteiger partial charge in [-0.25, -0.2) is 0 Å². The normalized spacial score (nSPS) is 14.1. The Labute approximate surface area is 168 Å². The number of benzene rings is 1. The summed E-state index contributed by atoms with van der Waals surface area (Å²) in [7, 11) is 3.51. The summed E-state index contributed by atoms with van der Waals surface area (Å²) < 4.78 is 5.35. The lowest BCUT2D eigenvalue weighted by molar-refractivity contribution is -0.112. The smallest absolute Gasteiger partial charge is 0.177 e. The summed E-state index contributed by atoms with van der Waals surface area (Å²) in [5, 5.41) is 3.40. The van der Waals surface area contributed by atoms with Crippen LogP contribution in [-0.4, -0.2) is 41.4 Å². The minimum absolute atomic E-state index is 0.0585. The summed E-state index contributed by atoms with van der Waals surface area (Å²) in [4.78, 5) is 19.1. The summed E-state index contributed by atoms with van der Waals surface area (Å²) in [5.41, 5.74) is 3.40. The maximum absolute atomic E-state index is 12.6. The quantitative estimate of drug-likeness (QED) is 0.749. The number of likely N-dealkylation sites (N-methyl/N-ethyl adjacent to an activating group) is 1. The average molecular weight is 400 g/mol. The molecule has 1 aliphatic heterocycles. The number of ether oxygens (including phenoxy) is 1. The van der Waals surface area contributed by atoms with Gasteiger partial charge in [-0.3, -0.25) is 9.78 Å². The molecule has 7 heteroatoms. The van der Waals surface area contributed by atoms with Crippen molar-refractivity contribution in [3.8, 4) is 5.75 Å². The van der Waals surface area contributed by atoms with Gasteiger partial charge in [-0.05, 0) is 18.2 Å². The van der Waals surface area contributed by atoms with Crippen LogP contribution in [0, 0.1) is 0 Å². The molecular weight excluding hydrogens is 378 g/mol. The van der Waals surface area contributed by atoms with Crippen molar-refractivity contribution in [1.29, 1.82) is 0 Å². The number of aromatic nitrogens is 1. The first-order chi connectivity index (χ1) is 13.1. The molecule has 0 spiro atoms. The maximum Gasteiger partial charge on any atom is 0.177 e. The van der Waals surface area contributed by atoms with Gasteiger partial charge in [0.05, 0.1) is 24.6 Å². The van der Waals surface area contributed by atoms with Crippen molar-refractivity contribution in [3.05, 3.63) is 65.6 Å². The van der Waals surface area contributed by atoms with Gasteiger partial charge in [0, 0.05) is 42.5 Å². The Morgan fingerprint density at radius 1 is 1.30 bits per heavy atom. The van der Waals surface area contributed by atoms with Crippen molar-refractivity contribution in [1.82, 2.24) is 10.3 Å². The van der Waals surface area contributed by atoms with Gasteiger partial charge < -0.3 is 15.0 Å². The molecule has 0 aliphatic carbocycles. The van der Waals surface area contributed by atoms with Crippen molar-refractivity contribution in [2.75, 3.05) is 30.6 Å². The molecule has 140 valence electrons. The van der Waals surface area contributed by atoms with Gasteiger partial charge in [0.1, 0.15) is 10.7 Å². The van der Waals surface area contributed by atoms with E-state index >= 15 is 0 Å². The van der Waals surface area contributed by atoms with Gasteiger partial charge in [-0.15, -0.1) is 11.8 Å². The Bertz CT molecular complexity index is 869. The van der Waals surface area contributed by atoms with Crippen LogP contribution in [-0.2, 0) is 11.3 Å². The highest BCUT2D eigenvalue weighted by Crippen LogP contribution is 2.25. The molecule has 5 nitrogen and oxygen atoms in total. The van der Waals surface area contributed by atoms with E-state index in [1.165, 1.54) is 0 Å². The molecule has 3 rings (SSSR count). The van der Waals surface area contributed by atoms with E-state index in [0.29, 0.717) is 28.6 Å². The second-order valence-electron chi connectivity index (χ2n) is 6.01. The van der Waals surface area contributed by atoms with E-state index in [1.54, 1.807) is 31.3 Å². The molecule has 1 N–H and O–H groups in total. The molecule has 1 aliphatic rings. The van der Waals surface area contributed by atoms with E-state index in [4.69, 9.17) is 17.0 Å². The predicted molar refractivity (Wildman–Crippen MR) is 114 cm³/mol. The first-order valence-electron chi connectivity index (χ1n) is 8.49. The Hall–Kier alpha value is -2.38. The Morgan fingerprint density at radius 2 is 2.07 bits per heavy atom. The largest absolute Gasteiger partial charge is 0.495 e. The third kappa shape index (κ3) is 4.48. The molecule has 0 atom stereocenters. The highest BCUT2D eigenvalue weighted by atomic mass is 32.2. The van der Waals surface area contributed by atoms with Gasteiger partial charge in [0.15, 0.2) is 5.78 Å². The van der Waals surface area contributed by atoms with Crippen molar-refractivity contribution in [2.24, 2.45) is 0 Å². The number of rotatable bonds is 6. The molecule has 27 heavy (non-hydrogen) atoms. The van der Waals surface area contributed by atoms with Crippen LogP contribution in [0.4, 0.5) is 5.69 Å². The van der Waals surface area contributed by atoms with E-state index in [2.05, 4.69) is 10.3 Å². The molecular formula is C20H21N3O2S2. The fraction of sp³-hybridized carbons (Fsp3) is 0.250. The zero-order valence-electron chi connectivity index (χ0n) is 15.3. The molecule has 2 heterocycles. The van der Waals surface area contributed by atoms with E-state index in [-0.39, 0.29) is 5.78 Å². The third-order valence-electron chi connectivity index (χ3n) is 4.30. The van der Waals surface area contributed by atoms with E-state index in [9.17, 15) is 4.79 Å². The van der Waals surface area contributed by atoms with Crippen LogP contribution in [0.5, 0.6) is 5.75 Å². The molecule has 0 saturated heterocycles. The van der Waals surface area contributed by atoms with E-state index in [1.807, 2.05) is 48.3 Å². The van der Waals surface area contributed by atoms with E-state index < -0.39 is 0 Å². The van der Waals surface area contributed by atoms with Gasteiger partial charge in [-0.2, -0.15) is 0 Å². The molecule has 1 aromatic carbocycles. The number of nitrogens with one attached hydrogen (secondary N) is 1. The zero-order chi connectivity index (χ0) is 19.2. The lowest BCUT2D eigenvalue weighted by Gasteiger charge is -2.26. The Kier molecular flexibility index (Phi) is 6.47. The summed E-state index contributed by atoms with van der Waals surface area (Å²) >= 11 is 7.27. The molecule has 0 saturated carbocycles. The lowest BCUT2D eigenvalue weighted by Crippen LogP contribution is -2.35. The predicted octanol–water partition coefficient (Wildman–Crippen LogP) is 3.21. The number of hydrogen-bond acceptors (Lipinski definition) is 6. The number of carbonyl (C=O) groups excluding carboxylic acids is 1. The van der Waals surface area contributed by atoms with Crippen molar-refractivity contribution >= 4 is 40.4 Å². The number of Topliss-reactive ketones (excluding diaryl/α,β-unsaturated/α-hetero) is 1. The van der Waals surface area contributed by atoms with Gasteiger partial charge in [0.2, 0.25) is 0 Å². The number of thioether (sulfide) groups is 1. The molecule has 0 amide bonds. The number of hydrogen-bond donors (Lipinski definition) is 1. The second-order valence-corrected chi connectivity index (χ2v) is 7.38. The number of pyridine rings is 1. The number of nitrogens with zero attached hydrogens (tertiary/aromatic N) is 2. The third-order valence-corrected chi connectivity index (χ3v) is 5.74. The number of methoxy groups -OCH3 is 1. The van der Waals surface area contributed by atoms with Crippen LogP contribution in [0.15, 0.2) is 60.1 Å². The van der Waals surface area contributed by atoms with Crippen molar-refractivity contribution in [3.63, 3.8) is 0 Å². The van der Waals surface area contributed by atoms with Crippen molar-refractivity contribution in [2.45, 2.75) is 6.54 Å². The highest BCUT2D eigenvalue weighted by Gasteiger charge is 2.27. The number of thiocarbonyl (C=S) groups is 1. The van der Waals surface area contributed by atoms with Crippen molar-refractivity contribution < 1.29 is 9.53 Å². The summed E-state index contributed by atoms with van der Waals surface area (Å²) in [5.74, 6) is 1.94. The van der Waals surface area contributed by atoms with Crippen LogP contribution in [0.2, 0.25) is 0 Å². The molecule has 0 fully saturated rings. The van der Waals surface area contributed by atoms with Gasteiger partial charge >= 0.3 is 0 Å². The van der Waals surface area contributed by atoms with Crippen LogP contribution in [0.1, 0.15) is 5.56 Å². The number of para-hydroxylation sites is 1. The van der Waals surface area contributed by atoms with Crippen LogP contribution in [0.25, 0.3) is 0 Å². The average Bonchev–Trinajstić information content (AvgIpc) is 2.72. The molecule has 0 bridgehead atoms. The number of ketones is 1. The summed E-state index contributed by atoms with van der Waals surface area (Å²) in [6.07, 6.45) is 3.41. The Morgan fingerprint density at radius 3 is 2.81 bits per heavy atom. The minimum Gasteiger partial charge on any atom is -0.495 e. The SMILES string of the molecule is COc1cnccc1CNC1=C(C(=S)N(C)c2ccccc2)C(=O)CSC1. The highest BCUT2D eigenvalue weighted by molar-refractivity contribution is 8.00. The fourth-order valence-electron chi connectivity index (χ4n) is 2.82.